The van der Waals surface area contributed by atoms with Gasteiger partial charge in [-0.15, -0.1) is 0 Å². The van der Waals surface area contributed by atoms with Crippen molar-refractivity contribution in [2.45, 2.75) is 32.6 Å². The first-order valence-electron chi connectivity index (χ1n) is 5.12. The van der Waals surface area contributed by atoms with Gasteiger partial charge < -0.3 is 4.90 Å². The Hall–Kier alpha value is -1.05. The predicted octanol–water partition coefficient (Wildman–Crippen LogP) is 2.84. The molecule has 0 unspecified atom stereocenters. The highest BCUT2D eigenvalue weighted by atomic mass is 15.1. The zero-order valence-electron chi connectivity index (χ0n) is 9.83. The van der Waals surface area contributed by atoms with Crippen molar-refractivity contribution in [3.8, 4) is 0 Å². The lowest BCUT2D eigenvalue weighted by molar-refractivity contribution is 0.490. The maximum absolute atomic E-state index is 4.50. The van der Waals surface area contributed by atoms with Gasteiger partial charge >= 0.3 is 0 Å². The van der Waals surface area contributed by atoms with Crippen LogP contribution >= 0.6 is 0 Å². The van der Waals surface area contributed by atoms with Crippen molar-refractivity contribution >= 4 is 5.69 Å². The number of rotatable bonds is 3. The van der Waals surface area contributed by atoms with Crippen LogP contribution < -0.4 is 4.90 Å². The summed E-state index contributed by atoms with van der Waals surface area (Å²) in [6.07, 6.45) is 2.98. The largest absolute Gasteiger partial charge is 0.376 e. The van der Waals surface area contributed by atoms with E-state index < -0.39 is 0 Å². The monoisotopic (exact) mass is 192 g/mol. The fourth-order valence-corrected chi connectivity index (χ4v) is 1.45. The number of pyridine rings is 1. The standard InChI is InChI=1S/C12H20N2/c1-6-12(2,3)11-10(14(4)5)8-7-9-13-11/h7-9H,6H2,1-5H3. The molecule has 0 amide bonds. The van der Waals surface area contributed by atoms with E-state index in [2.05, 4.69) is 50.8 Å². The molecular formula is C12H20N2. The molecule has 78 valence electrons. The summed E-state index contributed by atoms with van der Waals surface area (Å²) in [7, 11) is 4.12. The van der Waals surface area contributed by atoms with Crippen molar-refractivity contribution < 1.29 is 0 Å². The molecule has 0 fully saturated rings. The van der Waals surface area contributed by atoms with E-state index in [0.29, 0.717) is 0 Å². The SMILES string of the molecule is CCC(C)(C)c1ncccc1N(C)C. The second-order valence-corrected chi connectivity index (χ2v) is 4.50. The first-order valence-corrected chi connectivity index (χ1v) is 5.12. The zero-order chi connectivity index (χ0) is 10.8. The smallest absolute Gasteiger partial charge is 0.0692 e. The van der Waals surface area contributed by atoms with Crippen LogP contribution in [0.25, 0.3) is 0 Å². The molecule has 1 heterocycles. The summed E-state index contributed by atoms with van der Waals surface area (Å²) in [6, 6.07) is 4.12. The Kier molecular flexibility index (Phi) is 3.14. The fourth-order valence-electron chi connectivity index (χ4n) is 1.45. The van der Waals surface area contributed by atoms with Crippen molar-refractivity contribution in [2.24, 2.45) is 0 Å². The molecule has 0 saturated carbocycles. The Labute approximate surface area is 87.0 Å². The van der Waals surface area contributed by atoms with Gasteiger partial charge in [-0.1, -0.05) is 20.8 Å². The lowest BCUT2D eigenvalue weighted by Crippen LogP contribution is -2.22. The van der Waals surface area contributed by atoms with Gasteiger partial charge in [0, 0.05) is 25.7 Å². The minimum Gasteiger partial charge on any atom is -0.376 e. The highest BCUT2D eigenvalue weighted by molar-refractivity contribution is 5.51. The van der Waals surface area contributed by atoms with E-state index in [-0.39, 0.29) is 5.41 Å². The van der Waals surface area contributed by atoms with E-state index in [9.17, 15) is 0 Å². The van der Waals surface area contributed by atoms with E-state index >= 15 is 0 Å². The van der Waals surface area contributed by atoms with Gasteiger partial charge in [-0.05, 0) is 18.6 Å². The Morgan fingerprint density at radius 3 is 2.50 bits per heavy atom. The van der Waals surface area contributed by atoms with Gasteiger partial charge in [-0.3, -0.25) is 4.98 Å². The van der Waals surface area contributed by atoms with Gasteiger partial charge in [-0.2, -0.15) is 0 Å². The zero-order valence-corrected chi connectivity index (χ0v) is 9.83. The first kappa shape index (κ1) is 11.0. The molecule has 0 aliphatic carbocycles. The molecule has 0 bridgehead atoms. The summed E-state index contributed by atoms with van der Waals surface area (Å²) in [5.74, 6) is 0. The van der Waals surface area contributed by atoms with Crippen molar-refractivity contribution in [2.75, 3.05) is 19.0 Å². The van der Waals surface area contributed by atoms with E-state index in [4.69, 9.17) is 0 Å². The van der Waals surface area contributed by atoms with E-state index in [1.165, 1.54) is 11.4 Å². The van der Waals surface area contributed by atoms with Gasteiger partial charge in [-0.25, -0.2) is 0 Å². The minimum absolute atomic E-state index is 0.154. The fraction of sp³-hybridized carbons (Fsp3) is 0.583. The number of hydrogen-bond donors (Lipinski definition) is 0. The summed E-state index contributed by atoms with van der Waals surface area (Å²) >= 11 is 0. The van der Waals surface area contributed by atoms with Crippen molar-refractivity contribution in [3.05, 3.63) is 24.0 Å². The lowest BCUT2D eigenvalue weighted by atomic mass is 9.85. The molecule has 2 nitrogen and oxygen atoms in total. The topological polar surface area (TPSA) is 16.1 Å². The van der Waals surface area contributed by atoms with Gasteiger partial charge in [0.2, 0.25) is 0 Å². The summed E-state index contributed by atoms with van der Waals surface area (Å²) in [4.78, 5) is 6.63. The molecule has 0 spiro atoms. The van der Waals surface area contributed by atoms with Crippen LogP contribution in [0.3, 0.4) is 0 Å². The lowest BCUT2D eigenvalue weighted by Gasteiger charge is -2.27. The van der Waals surface area contributed by atoms with Gasteiger partial charge in [0.15, 0.2) is 0 Å². The second-order valence-electron chi connectivity index (χ2n) is 4.50. The third-order valence-electron chi connectivity index (χ3n) is 2.79. The predicted molar refractivity (Wildman–Crippen MR) is 61.9 cm³/mol. The third-order valence-corrected chi connectivity index (χ3v) is 2.79. The Balaban J connectivity index is 3.20. The molecule has 2 heteroatoms. The van der Waals surface area contributed by atoms with Gasteiger partial charge in [0.25, 0.3) is 0 Å². The highest BCUT2D eigenvalue weighted by Gasteiger charge is 2.23. The molecule has 0 aromatic carbocycles. The molecule has 1 aromatic rings. The van der Waals surface area contributed by atoms with Crippen LogP contribution in [0.4, 0.5) is 5.69 Å². The average Bonchev–Trinajstić information content (AvgIpc) is 2.18. The van der Waals surface area contributed by atoms with Crippen LogP contribution in [0.15, 0.2) is 18.3 Å². The van der Waals surface area contributed by atoms with Crippen LogP contribution in [0, 0.1) is 0 Å². The van der Waals surface area contributed by atoms with Crippen molar-refractivity contribution in [1.82, 2.24) is 4.98 Å². The van der Waals surface area contributed by atoms with Crippen LogP contribution in [-0.4, -0.2) is 19.1 Å². The molecule has 0 aliphatic rings. The number of nitrogens with zero attached hydrogens (tertiary/aromatic N) is 2. The molecule has 0 atom stereocenters. The molecule has 1 rings (SSSR count). The molecule has 1 aromatic heterocycles. The summed E-state index contributed by atoms with van der Waals surface area (Å²) in [6.45, 7) is 6.68. The Bertz CT molecular complexity index is 303. The summed E-state index contributed by atoms with van der Waals surface area (Å²) < 4.78 is 0. The van der Waals surface area contributed by atoms with E-state index in [0.717, 1.165) is 6.42 Å². The molecule has 0 aliphatic heterocycles. The van der Waals surface area contributed by atoms with Gasteiger partial charge in [0.05, 0.1) is 11.4 Å². The summed E-state index contributed by atoms with van der Waals surface area (Å²) in [5.41, 5.74) is 2.56. The number of aromatic nitrogens is 1. The van der Waals surface area contributed by atoms with Crippen LogP contribution in [-0.2, 0) is 5.41 Å². The molecular weight excluding hydrogens is 172 g/mol. The average molecular weight is 192 g/mol. The van der Waals surface area contributed by atoms with Crippen molar-refractivity contribution in [3.63, 3.8) is 0 Å². The molecule has 14 heavy (non-hydrogen) atoms. The normalized spacial score (nSPS) is 11.5. The number of anilines is 1. The third kappa shape index (κ3) is 2.06. The Morgan fingerprint density at radius 2 is 2.00 bits per heavy atom. The highest BCUT2D eigenvalue weighted by Crippen LogP contribution is 2.31. The molecule has 0 radical (unpaired) electrons. The van der Waals surface area contributed by atoms with E-state index in [1.807, 2.05) is 12.3 Å². The molecule has 0 saturated heterocycles. The summed E-state index contributed by atoms with van der Waals surface area (Å²) in [5, 5.41) is 0. The maximum atomic E-state index is 4.50. The van der Waals surface area contributed by atoms with Crippen LogP contribution in [0.1, 0.15) is 32.9 Å². The van der Waals surface area contributed by atoms with Crippen LogP contribution in [0.5, 0.6) is 0 Å². The maximum Gasteiger partial charge on any atom is 0.0692 e. The van der Waals surface area contributed by atoms with E-state index in [1.54, 1.807) is 0 Å². The quantitative estimate of drug-likeness (QED) is 0.732. The first-order chi connectivity index (χ1) is 6.49. The second kappa shape index (κ2) is 3.99. The van der Waals surface area contributed by atoms with Crippen LogP contribution in [0.2, 0.25) is 0 Å². The number of hydrogen-bond acceptors (Lipinski definition) is 2. The minimum atomic E-state index is 0.154. The van der Waals surface area contributed by atoms with Gasteiger partial charge in [0.1, 0.15) is 0 Å². The van der Waals surface area contributed by atoms with Crippen molar-refractivity contribution in [1.29, 1.82) is 0 Å². The molecule has 0 N–H and O–H groups in total. The Morgan fingerprint density at radius 1 is 1.36 bits per heavy atom.